The number of benzene rings is 1. The van der Waals surface area contributed by atoms with Crippen molar-refractivity contribution < 1.29 is 17.5 Å². The van der Waals surface area contributed by atoms with Crippen molar-refractivity contribution in [1.29, 1.82) is 0 Å². The topological polar surface area (TPSA) is 80.4 Å². The highest BCUT2D eigenvalue weighted by atomic mass is 32.2. The van der Waals surface area contributed by atoms with E-state index in [1.54, 1.807) is 0 Å². The van der Waals surface area contributed by atoms with Crippen molar-refractivity contribution in [2.24, 2.45) is 0 Å². The normalized spacial score (nSPS) is 12.1. The Kier molecular flexibility index (Phi) is 4.55. The number of hydrogen-bond acceptors (Lipinski definition) is 4. The monoisotopic (exact) mass is 283 g/mol. The number of para-hydroxylation sites is 1. The molecule has 1 heterocycles. The van der Waals surface area contributed by atoms with E-state index in [4.69, 9.17) is 9.08 Å². The lowest BCUT2D eigenvalue weighted by molar-refractivity contribution is 0.443. The molecule has 6 heteroatoms. The summed E-state index contributed by atoms with van der Waals surface area (Å²) in [5.41, 5.74) is 1.74. The van der Waals surface area contributed by atoms with Gasteiger partial charge in [0.05, 0.1) is 11.4 Å². The van der Waals surface area contributed by atoms with Gasteiger partial charge in [0.1, 0.15) is 0 Å². The highest BCUT2D eigenvalue weighted by Crippen LogP contribution is 2.19. The van der Waals surface area contributed by atoms with Gasteiger partial charge in [-0.05, 0) is 31.4 Å². The number of rotatable bonds is 7. The van der Waals surface area contributed by atoms with Gasteiger partial charge < -0.3 is 4.52 Å². The molecular weight excluding hydrogens is 266 g/mol. The average molecular weight is 283 g/mol. The van der Waals surface area contributed by atoms with E-state index < -0.39 is 10.1 Å². The zero-order valence-electron chi connectivity index (χ0n) is 10.6. The number of unbranched alkanes of at least 4 members (excludes halogenated alkanes) is 3. The second-order valence-electron chi connectivity index (χ2n) is 4.58. The molecule has 19 heavy (non-hydrogen) atoms. The van der Waals surface area contributed by atoms with E-state index in [-0.39, 0.29) is 5.75 Å². The van der Waals surface area contributed by atoms with Crippen LogP contribution in [0.5, 0.6) is 0 Å². The SMILES string of the molecule is O=S(=O)(O)CCCCCCc1noc2ccccc12. The minimum atomic E-state index is -3.81. The van der Waals surface area contributed by atoms with Gasteiger partial charge in [-0.25, -0.2) is 0 Å². The Morgan fingerprint density at radius 1 is 1.11 bits per heavy atom. The van der Waals surface area contributed by atoms with Crippen LogP contribution in [0, 0.1) is 0 Å². The smallest absolute Gasteiger partial charge is 0.264 e. The minimum Gasteiger partial charge on any atom is -0.356 e. The molecule has 0 saturated heterocycles. The lowest BCUT2D eigenvalue weighted by Crippen LogP contribution is -2.03. The van der Waals surface area contributed by atoms with Crippen LogP contribution in [-0.2, 0) is 16.5 Å². The summed E-state index contributed by atoms with van der Waals surface area (Å²) < 4.78 is 34.9. The van der Waals surface area contributed by atoms with Gasteiger partial charge in [-0.1, -0.05) is 30.1 Å². The molecule has 1 N–H and O–H groups in total. The van der Waals surface area contributed by atoms with Crippen LogP contribution in [0.4, 0.5) is 0 Å². The van der Waals surface area contributed by atoms with E-state index >= 15 is 0 Å². The Bertz CT molecular complexity index is 633. The number of nitrogens with zero attached hydrogens (tertiary/aromatic N) is 1. The van der Waals surface area contributed by atoms with Gasteiger partial charge in [-0.15, -0.1) is 0 Å². The van der Waals surface area contributed by atoms with Crippen molar-refractivity contribution in [2.45, 2.75) is 32.1 Å². The van der Waals surface area contributed by atoms with Crippen molar-refractivity contribution >= 4 is 21.1 Å². The van der Waals surface area contributed by atoms with Crippen LogP contribution in [0.15, 0.2) is 28.8 Å². The summed E-state index contributed by atoms with van der Waals surface area (Å²) >= 11 is 0. The van der Waals surface area contributed by atoms with Crippen molar-refractivity contribution in [3.05, 3.63) is 30.0 Å². The quantitative estimate of drug-likeness (QED) is 0.624. The van der Waals surface area contributed by atoms with E-state index in [0.29, 0.717) is 6.42 Å². The minimum absolute atomic E-state index is 0.153. The molecule has 0 aliphatic heterocycles. The van der Waals surface area contributed by atoms with E-state index in [0.717, 1.165) is 42.3 Å². The first-order valence-corrected chi connectivity index (χ1v) is 7.95. The average Bonchev–Trinajstić information content (AvgIpc) is 2.76. The molecule has 2 aromatic rings. The zero-order valence-corrected chi connectivity index (χ0v) is 11.4. The molecule has 0 amide bonds. The van der Waals surface area contributed by atoms with Gasteiger partial charge >= 0.3 is 0 Å². The second kappa shape index (κ2) is 6.16. The molecule has 0 radical (unpaired) electrons. The molecule has 0 unspecified atom stereocenters. The van der Waals surface area contributed by atoms with Crippen molar-refractivity contribution in [1.82, 2.24) is 5.16 Å². The molecule has 0 bridgehead atoms. The van der Waals surface area contributed by atoms with Gasteiger partial charge in [0, 0.05) is 5.39 Å². The van der Waals surface area contributed by atoms with E-state index in [1.165, 1.54) is 0 Å². The van der Waals surface area contributed by atoms with Gasteiger partial charge in [0.15, 0.2) is 5.58 Å². The molecule has 2 rings (SSSR count). The summed E-state index contributed by atoms with van der Waals surface area (Å²) in [7, 11) is -3.81. The summed E-state index contributed by atoms with van der Waals surface area (Å²) in [4.78, 5) is 0. The predicted octanol–water partition coefficient (Wildman–Crippen LogP) is 2.82. The van der Waals surface area contributed by atoms with Crippen LogP contribution in [0.3, 0.4) is 0 Å². The van der Waals surface area contributed by atoms with E-state index in [9.17, 15) is 8.42 Å². The first-order chi connectivity index (χ1) is 9.06. The largest absolute Gasteiger partial charge is 0.356 e. The van der Waals surface area contributed by atoms with Crippen LogP contribution in [-0.4, -0.2) is 23.9 Å². The van der Waals surface area contributed by atoms with Gasteiger partial charge in [0.2, 0.25) is 0 Å². The second-order valence-corrected chi connectivity index (χ2v) is 6.15. The summed E-state index contributed by atoms with van der Waals surface area (Å²) in [6.07, 6.45) is 3.95. The predicted molar refractivity (Wildman–Crippen MR) is 72.6 cm³/mol. The summed E-state index contributed by atoms with van der Waals surface area (Å²) in [5.74, 6) is -0.153. The van der Waals surface area contributed by atoms with Crippen molar-refractivity contribution in [2.75, 3.05) is 5.75 Å². The Morgan fingerprint density at radius 2 is 1.84 bits per heavy atom. The third-order valence-electron chi connectivity index (χ3n) is 3.02. The van der Waals surface area contributed by atoms with E-state index in [1.807, 2.05) is 24.3 Å². The molecule has 0 saturated carbocycles. The number of aromatic nitrogens is 1. The van der Waals surface area contributed by atoms with Crippen molar-refractivity contribution in [3.8, 4) is 0 Å². The Hall–Kier alpha value is -1.40. The number of fused-ring (bicyclic) bond motifs is 1. The number of aryl methyl sites for hydroxylation is 1. The van der Waals surface area contributed by atoms with Gasteiger partial charge in [-0.3, -0.25) is 4.55 Å². The van der Waals surface area contributed by atoms with Crippen LogP contribution in [0.25, 0.3) is 11.0 Å². The third-order valence-corrected chi connectivity index (χ3v) is 3.82. The molecule has 5 nitrogen and oxygen atoms in total. The molecule has 0 fully saturated rings. The van der Waals surface area contributed by atoms with Gasteiger partial charge in [-0.2, -0.15) is 8.42 Å². The van der Waals surface area contributed by atoms with Crippen molar-refractivity contribution in [3.63, 3.8) is 0 Å². The fourth-order valence-electron chi connectivity index (χ4n) is 2.05. The first-order valence-electron chi connectivity index (χ1n) is 6.35. The highest BCUT2D eigenvalue weighted by Gasteiger charge is 2.07. The first kappa shape index (κ1) is 14.0. The standard InChI is InChI=1S/C13H17NO4S/c15-19(16,17)10-6-2-1-3-8-12-11-7-4-5-9-13(11)18-14-12/h4-5,7,9H,1-3,6,8,10H2,(H,15,16,17). The van der Waals surface area contributed by atoms with Crippen LogP contribution < -0.4 is 0 Å². The maximum atomic E-state index is 10.5. The fourth-order valence-corrected chi connectivity index (χ4v) is 2.62. The fraction of sp³-hybridized carbons (Fsp3) is 0.462. The lowest BCUT2D eigenvalue weighted by Gasteiger charge is -1.99. The molecule has 1 aromatic carbocycles. The summed E-state index contributed by atoms with van der Waals surface area (Å²) in [6, 6.07) is 7.74. The van der Waals surface area contributed by atoms with Crippen LogP contribution in [0.1, 0.15) is 31.4 Å². The Balaban J connectivity index is 1.74. The third kappa shape index (κ3) is 4.33. The molecule has 0 aliphatic carbocycles. The number of hydrogen-bond donors (Lipinski definition) is 1. The maximum Gasteiger partial charge on any atom is 0.264 e. The summed E-state index contributed by atoms with van der Waals surface area (Å²) in [6.45, 7) is 0. The molecular formula is C13H17NO4S. The lowest BCUT2D eigenvalue weighted by atomic mass is 10.1. The molecule has 104 valence electrons. The van der Waals surface area contributed by atoms with Crippen LogP contribution >= 0.6 is 0 Å². The highest BCUT2D eigenvalue weighted by molar-refractivity contribution is 7.85. The molecule has 1 aromatic heterocycles. The summed E-state index contributed by atoms with van der Waals surface area (Å²) in [5, 5.41) is 5.08. The molecule has 0 spiro atoms. The maximum absolute atomic E-state index is 10.5. The Labute approximate surface area is 112 Å². The van der Waals surface area contributed by atoms with E-state index in [2.05, 4.69) is 5.16 Å². The van der Waals surface area contributed by atoms with Gasteiger partial charge in [0.25, 0.3) is 10.1 Å². The molecule has 0 atom stereocenters. The van der Waals surface area contributed by atoms with Crippen LogP contribution in [0.2, 0.25) is 0 Å². The molecule has 0 aliphatic rings. The zero-order chi connectivity index (χ0) is 13.7. The Morgan fingerprint density at radius 3 is 2.63 bits per heavy atom.